The molecule has 2 rings (SSSR count). The number of nitrogens with two attached hydrogens (primary N) is 1. The van der Waals surface area contributed by atoms with E-state index in [4.69, 9.17) is 5.73 Å². The van der Waals surface area contributed by atoms with Gasteiger partial charge in [0.2, 0.25) is 0 Å². The number of nitrogen functional groups attached to an aromatic ring is 1. The molecule has 2 N–H and O–H groups in total. The van der Waals surface area contributed by atoms with Gasteiger partial charge in [-0.25, -0.2) is 15.0 Å². The Morgan fingerprint density at radius 3 is 3.00 bits per heavy atom. The zero-order valence-corrected chi connectivity index (χ0v) is 7.73. The van der Waals surface area contributed by atoms with Crippen LogP contribution in [0.15, 0.2) is 25.0 Å². The lowest BCUT2D eigenvalue weighted by Crippen LogP contribution is -1.96. The quantitative estimate of drug-likeness (QED) is 0.677. The molecule has 0 fully saturated rings. The molecule has 2 aromatic heterocycles. The van der Waals surface area contributed by atoms with Gasteiger partial charge in [-0.3, -0.25) is 4.57 Å². The number of aromatic nitrogens is 4. The molecule has 0 saturated heterocycles. The molecule has 5 nitrogen and oxygen atoms in total. The molecule has 14 heavy (non-hydrogen) atoms. The molecule has 70 valence electrons. The van der Waals surface area contributed by atoms with E-state index in [2.05, 4.69) is 27.3 Å². The van der Waals surface area contributed by atoms with Gasteiger partial charge < -0.3 is 5.73 Å². The highest BCUT2D eigenvalue weighted by atomic mass is 15.1. The summed E-state index contributed by atoms with van der Waals surface area (Å²) in [6.45, 7) is 5.43. The smallest absolute Gasteiger partial charge is 0.170 e. The van der Waals surface area contributed by atoms with Gasteiger partial charge in [-0.2, -0.15) is 0 Å². The first-order chi connectivity index (χ1) is 6.74. The number of hydrogen-bond acceptors (Lipinski definition) is 4. The third-order valence-corrected chi connectivity index (χ3v) is 1.98. The van der Waals surface area contributed by atoms with E-state index >= 15 is 0 Å². The molecule has 0 unspecified atom stereocenters. The van der Waals surface area contributed by atoms with E-state index in [-0.39, 0.29) is 0 Å². The van der Waals surface area contributed by atoms with Crippen LogP contribution in [0.25, 0.3) is 16.9 Å². The van der Waals surface area contributed by atoms with Crippen LogP contribution in [0.4, 0.5) is 5.82 Å². The number of hydrogen-bond donors (Lipinski definition) is 1. The molecule has 0 atom stereocenters. The molecule has 0 spiro atoms. The van der Waals surface area contributed by atoms with Gasteiger partial charge in [-0.05, 0) is 6.92 Å². The molecular formula is C9H9N5. The lowest BCUT2D eigenvalue weighted by Gasteiger charge is -1.99. The lowest BCUT2D eigenvalue weighted by atomic mass is 10.4. The largest absolute Gasteiger partial charge is 0.382 e. The average molecular weight is 187 g/mol. The van der Waals surface area contributed by atoms with E-state index in [1.54, 1.807) is 10.9 Å². The molecule has 0 amide bonds. The van der Waals surface area contributed by atoms with Gasteiger partial charge in [0, 0.05) is 0 Å². The van der Waals surface area contributed by atoms with Gasteiger partial charge in [-0.15, -0.1) is 5.73 Å². The summed E-state index contributed by atoms with van der Waals surface area (Å²) in [5.41, 5.74) is 10.5. The average Bonchev–Trinajstić information content (AvgIpc) is 2.62. The van der Waals surface area contributed by atoms with Crippen molar-refractivity contribution in [3.05, 3.63) is 25.0 Å². The van der Waals surface area contributed by atoms with Crippen LogP contribution < -0.4 is 5.73 Å². The van der Waals surface area contributed by atoms with E-state index in [1.807, 2.05) is 6.92 Å². The Bertz CT molecular complexity index is 533. The molecule has 0 aliphatic rings. The minimum atomic E-state index is 0.380. The standard InChI is InChI=1S/C9H9N5/c1-3-6(2)14-5-13-7-8(10)11-4-12-9(7)14/h4-5H,1H2,2H3,(H2,10,11,12). The number of fused-ring (bicyclic) bond motifs is 1. The fourth-order valence-electron chi connectivity index (χ4n) is 1.18. The first kappa shape index (κ1) is 8.47. The summed E-state index contributed by atoms with van der Waals surface area (Å²) in [4.78, 5) is 12.1. The molecular weight excluding hydrogens is 178 g/mol. The van der Waals surface area contributed by atoms with Crippen LogP contribution >= 0.6 is 0 Å². The minimum absolute atomic E-state index is 0.380. The topological polar surface area (TPSA) is 69.6 Å². The molecule has 2 heterocycles. The molecule has 0 aliphatic heterocycles. The highest BCUT2D eigenvalue weighted by molar-refractivity contribution is 5.83. The van der Waals surface area contributed by atoms with Crippen molar-refractivity contribution in [2.45, 2.75) is 6.92 Å². The van der Waals surface area contributed by atoms with E-state index in [0.717, 1.165) is 5.70 Å². The minimum Gasteiger partial charge on any atom is -0.382 e. The van der Waals surface area contributed by atoms with Crippen LogP contribution in [-0.2, 0) is 0 Å². The highest BCUT2D eigenvalue weighted by Crippen LogP contribution is 2.16. The first-order valence-corrected chi connectivity index (χ1v) is 4.04. The van der Waals surface area contributed by atoms with Crippen molar-refractivity contribution in [1.82, 2.24) is 19.5 Å². The van der Waals surface area contributed by atoms with Gasteiger partial charge in [0.25, 0.3) is 0 Å². The second kappa shape index (κ2) is 2.97. The Balaban J connectivity index is 2.82. The van der Waals surface area contributed by atoms with E-state index < -0.39 is 0 Å². The summed E-state index contributed by atoms with van der Waals surface area (Å²) >= 11 is 0. The Morgan fingerprint density at radius 1 is 1.50 bits per heavy atom. The molecule has 0 radical (unpaired) electrons. The van der Waals surface area contributed by atoms with Crippen molar-refractivity contribution in [2.24, 2.45) is 0 Å². The van der Waals surface area contributed by atoms with Crippen molar-refractivity contribution >= 4 is 22.7 Å². The molecule has 0 aliphatic carbocycles. The van der Waals surface area contributed by atoms with Crippen molar-refractivity contribution in [2.75, 3.05) is 5.73 Å². The summed E-state index contributed by atoms with van der Waals surface area (Å²) in [7, 11) is 0. The zero-order valence-electron chi connectivity index (χ0n) is 7.73. The van der Waals surface area contributed by atoms with Crippen molar-refractivity contribution in [3.8, 4) is 0 Å². The van der Waals surface area contributed by atoms with Crippen LogP contribution in [0.3, 0.4) is 0 Å². The maximum atomic E-state index is 5.64. The number of imidazole rings is 1. The summed E-state index contributed by atoms with van der Waals surface area (Å²) in [6.07, 6.45) is 3.04. The first-order valence-electron chi connectivity index (χ1n) is 4.04. The van der Waals surface area contributed by atoms with Crippen LogP contribution in [0, 0.1) is 0 Å². The third-order valence-electron chi connectivity index (χ3n) is 1.98. The van der Waals surface area contributed by atoms with Crippen LogP contribution in [0.2, 0.25) is 0 Å². The Morgan fingerprint density at radius 2 is 2.29 bits per heavy atom. The highest BCUT2D eigenvalue weighted by Gasteiger charge is 2.07. The molecule has 0 aromatic carbocycles. The number of rotatable bonds is 1. The van der Waals surface area contributed by atoms with Gasteiger partial charge in [0.05, 0.1) is 5.70 Å². The predicted octanol–water partition coefficient (Wildman–Crippen LogP) is 1.05. The Hall–Kier alpha value is -2.13. The second-order valence-corrected chi connectivity index (χ2v) is 2.81. The summed E-state index contributed by atoms with van der Waals surface area (Å²) < 4.78 is 1.76. The summed E-state index contributed by atoms with van der Waals surface area (Å²) in [5, 5.41) is 0. The normalized spacial score (nSPS) is 10.1. The number of allylic oxidation sites excluding steroid dienone is 1. The Labute approximate surface area is 80.6 Å². The zero-order chi connectivity index (χ0) is 10.1. The maximum Gasteiger partial charge on any atom is 0.170 e. The molecule has 0 saturated carbocycles. The number of anilines is 1. The third kappa shape index (κ3) is 1.08. The molecule has 0 bridgehead atoms. The molecule has 5 heteroatoms. The van der Waals surface area contributed by atoms with Crippen LogP contribution in [0.1, 0.15) is 6.92 Å². The van der Waals surface area contributed by atoms with Crippen molar-refractivity contribution in [3.63, 3.8) is 0 Å². The second-order valence-electron chi connectivity index (χ2n) is 2.81. The monoisotopic (exact) mass is 187 g/mol. The number of nitrogens with zero attached hydrogens (tertiary/aromatic N) is 4. The van der Waals surface area contributed by atoms with Gasteiger partial charge in [0.1, 0.15) is 12.7 Å². The summed E-state index contributed by atoms with van der Waals surface area (Å²) in [6, 6.07) is 0. The maximum absolute atomic E-state index is 5.64. The van der Waals surface area contributed by atoms with Crippen LogP contribution in [0.5, 0.6) is 0 Å². The molecule has 2 aromatic rings. The van der Waals surface area contributed by atoms with Crippen LogP contribution in [-0.4, -0.2) is 19.5 Å². The van der Waals surface area contributed by atoms with E-state index in [0.29, 0.717) is 17.0 Å². The van der Waals surface area contributed by atoms with Gasteiger partial charge in [-0.1, -0.05) is 6.58 Å². The fourth-order valence-corrected chi connectivity index (χ4v) is 1.18. The van der Waals surface area contributed by atoms with Gasteiger partial charge in [0.15, 0.2) is 17.0 Å². The SMILES string of the molecule is C=C=C(C)n1cnc2c(N)ncnc21. The fraction of sp³-hybridized carbons (Fsp3) is 0.111. The predicted molar refractivity (Wildman–Crippen MR) is 54.3 cm³/mol. The van der Waals surface area contributed by atoms with Crippen molar-refractivity contribution < 1.29 is 0 Å². The van der Waals surface area contributed by atoms with Gasteiger partial charge >= 0.3 is 0 Å². The Kier molecular flexibility index (Phi) is 1.80. The van der Waals surface area contributed by atoms with Crippen molar-refractivity contribution in [1.29, 1.82) is 0 Å². The summed E-state index contributed by atoms with van der Waals surface area (Å²) in [5.74, 6) is 0.380. The van der Waals surface area contributed by atoms with E-state index in [1.165, 1.54) is 6.33 Å². The van der Waals surface area contributed by atoms with E-state index in [9.17, 15) is 0 Å². The lowest BCUT2D eigenvalue weighted by molar-refractivity contribution is 1.08.